The molecular weight excluding hydrogens is 240 g/mol. The maximum Gasteiger partial charge on any atom is 0.336 e. The average molecular weight is 264 g/mol. The first-order valence-corrected chi connectivity index (χ1v) is 7.13. The monoisotopic (exact) mass is 264 g/mol. The molecule has 106 valence electrons. The molecule has 0 radical (unpaired) electrons. The van der Waals surface area contributed by atoms with Crippen LogP contribution < -0.4 is 0 Å². The van der Waals surface area contributed by atoms with Gasteiger partial charge in [0.15, 0.2) is 0 Å². The van der Waals surface area contributed by atoms with Gasteiger partial charge in [-0.05, 0) is 31.4 Å². The van der Waals surface area contributed by atoms with Gasteiger partial charge in [-0.2, -0.15) is 0 Å². The van der Waals surface area contributed by atoms with Crippen LogP contribution in [0.3, 0.4) is 0 Å². The zero-order valence-corrected chi connectivity index (χ0v) is 11.5. The van der Waals surface area contributed by atoms with E-state index in [0.29, 0.717) is 5.76 Å². The van der Waals surface area contributed by atoms with Crippen molar-refractivity contribution in [1.29, 1.82) is 0 Å². The van der Waals surface area contributed by atoms with Gasteiger partial charge in [-0.15, -0.1) is 6.58 Å². The first-order valence-electron chi connectivity index (χ1n) is 7.13. The van der Waals surface area contributed by atoms with Gasteiger partial charge in [-0.3, -0.25) is 0 Å². The van der Waals surface area contributed by atoms with Gasteiger partial charge >= 0.3 is 5.97 Å². The number of aliphatic hydroxyl groups is 1. The first kappa shape index (κ1) is 15.7. The Balaban J connectivity index is 1.99. The Morgan fingerprint density at radius 3 is 2.47 bits per heavy atom. The van der Waals surface area contributed by atoms with Gasteiger partial charge in [0.1, 0.15) is 5.76 Å². The van der Waals surface area contributed by atoms with Gasteiger partial charge in [0.2, 0.25) is 0 Å². The number of carbonyl (C=O) groups excluding carboxylic acids is 1. The summed E-state index contributed by atoms with van der Waals surface area (Å²) in [4.78, 5) is 10.8. The summed E-state index contributed by atoms with van der Waals surface area (Å²) in [5.74, 6) is 0.0971. The van der Waals surface area contributed by atoms with Crippen molar-refractivity contribution in [3.63, 3.8) is 0 Å². The number of unbranched alkanes of at least 4 members (excludes halogenated alkanes) is 6. The van der Waals surface area contributed by atoms with Gasteiger partial charge < -0.3 is 9.84 Å². The highest BCUT2D eigenvalue weighted by Gasteiger charge is 2.11. The van der Waals surface area contributed by atoms with Crippen LogP contribution in [0.2, 0.25) is 0 Å². The van der Waals surface area contributed by atoms with Crippen LogP contribution in [-0.2, 0) is 9.53 Å². The number of ether oxygens (including phenoxy) is 1. The van der Waals surface area contributed by atoms with Crippen molar-refractivity contribution >= 4 is 5.97 Å². The second kappa shape index (κ2) is 9.56. The molecule has 1 aliphatic rings. The molecule has 1 aliphatic heterocycles. The summed E-state index contributed by atoms with van der Waals surface area (Å²) >= 11 is 0. The third kappa shape index (κ3) is 7.62. The summed E-state index contributed by atoms with van der Waals surface area (Å²) in [6, 6.07) is 0. The minimum atomic E-state index is -0.522. The van der Waals surface area contributed by atoms with Gasteiger partial charge in [0, 0.05) is 6.08 Å². The Hall–Kier alpha value is -1.35. The smallest absolute Gasteiger partial charge is 0.336 e. The van der Waals surface area contributed by atoms with E-state index < -0.39 is 6.10 Å². The molecule has 0 spiro atoms. The van der Waals surface area contributed by atoms with Crippen LogP contribution in [0.15, 0.2) is 36.6 Å². The van der Waals surface area contributed by atoms with E-state index in [1.807, 2.05) is 6.08 Å². The molecule has 0 saturated carbocycles. The Labute approximate surface area is 115 Å². The summed E-state index contributed by atoms with van der Waals surface area (Å²) in [5.41, 5.74) is 0. The van der Waals surface area contributed by atoms with E-state index in [9.17, 15) is 9.90 Å². The lowest BCUT2D eigenvalue weighted by atomic mass is 10.1. The summed E-state index contributed by atoms with van der Waals surface area (Å²) in [5, 5.41) is 9.76. The average Bonchev–Trinajstić information content (AvgIpc) is 2.78. The molecule has 1 unspecified atom stereocenters. The minimum Gasteiger partial charge on any atom is -0.424 e. The van der Waals surface area contributed by atoms with E-state index >= 15 is 0 Å². The fourth-order valence-electron chi connectivity index (χ4n) is 2.05. The zero-order valence-electron chi connectivity index (χ0n) is 11.5. The number of aliphatic hydroxyl groups excluding tert-OH is 1. The third-order valence-corrected chi connectivity index (χ3v) is 3.12. The fraction of sp³-hybridized carbons (Fsp3) is 0.562. The second-order valence-electron chi connectivity index (χ2n) is 4.88. The topological polar surface area (TPSA) is 46.5 Å². The molecule has 19 heavy (non-hydrogen) atoms. The normalized spacial score (nSPS) is 17.7. The van der Waals surface area contributed by atoms with Crippen LogP contribution in [0.5, 0.6) is 0 Å². The summed E-state index contributed by atoms with van der Waals surface area (Å²) < 4.78 is 4.86. The van der Waals surface area contributed by atoms with E-state index in [-0.39, 0.29) is 5.97 Å². The van der Waals surface area contributed by atoms with Crippen molar-refractivity contribution < 1.29 is 14.6 Å². The quantitative estimate of drug-likeness (QED) is 0.372. The lowest BCUT2D eigenvalue weighted by molar-refractivity contribution is -0.132. The molecule has 0 aliphatic carbocycles. The molecular formula is C16H24O3. The van der Waals surface area contributed by atoms with Crippen LogP contribution in [0.4, 0.5) is 0 Å². The predicted molar refractivity (Wildman–Crippen MR) is 76.5 cm³/mol. The van der Waals surface area contributed by atoms with Crippen LogP contribution in [-0.4, -0.2) is 17.2 Å². The molecule has 3 nitrogen and oxygen atoms in total. The number of esters is 1. The van der Waals surface area contributed by atoms with Crippen LogP contribution in [0.25, 0.3) is 0 Å². The molecule has 1 rings (SSSR count). The maximum atomic E-state index is 10.8. The number of hydrogen-bond donors (Lipinski definition) is 1. The van der Waals surface area contributed by atoms with Gasteiger partial charge in [0.25, 0.3) is 0 Å². The number of carbonyl (C=O) groups is 1. The number of cyclic esters (lactones) is 1. The second-order valence-corrected chi connectivity index (χ2v) is 4.88. The summed E-state index contributed by atoms with van der Waals surface area (Å²) in [6.07, 6.45) is 14.9. The fourth-order valence-corrected chi connectivity index (χ4v) is 2.05. The molecule has 0 saturated heterocycles. The molecule has 0 bridgehead atoms. The van der Waals surface area contributed by atoms with Crippen molar-refractivity contribution in [1.82, 2.24) is 0 Å². The first-order chi connectivity index (χ1) is 9.22. The van der Waals surface area contributed by atoms with E-state index in [1.165, 1.54) is 31.8 Å². The molecule has 0 aromatic rings. The molecule has 0 amide bonds. The van der Waals surface area contributed by atoms with Gasteiger partial charge in [0.05, 0.1) is 6.10 Å². The van der Waals surface area contributed by atoms with Crippen molar-refractivity contribution in [3.8, 4) is 0 Å². The molecule has 0 aromatic heterocycles. The van der Waals surface area contributed by atoms with Crippen LogP contribution in [0, 0.1) is 0 Å². The lowest BCUT2D eigenvalue weighted by Crippen LogP contribution is -2.04. The minimum absolute atomic E-state index is 0.363. The van der Waals surface area contributed by atoms with E-state index in [4.69, 9.17) is 4.74 Å². The van der Waals surface area contributed by atoms with Crippen LogP contribution in [0.1, 0.15) is 51.4 Å². The lowest BCUT2D eigenvalue weighted by Gasteiger charge is -2.06. The highest BCUT2D eigenvalue weighted by atomic mass is 16.5. The van der Waals surface area contributed by atoms with Crippen LogP contribution >= 0.6 is 0 Å². The van der Waals surface area contributed by atoms with Crippen molar-refractivity contribution in [2.45, 2.75) is 57.5 Å². The zero-order chi connectivity index (χ0) is 13.9. The molecule has 1 atom stereocenters. The molecule has 0 aromatic carbocycles. The number of rotatable bonds is 10. The van der Waals surface area contributed by atoms with Gasteiger partial charge in [-0.1, -0.05) is 38.2 Å². The van der Waals surface area contributed by atoms with Gasteiger partial charge in [-0.25, -0.2) is 4.79 Å². The van der Waals surface area contributed by atoms with Crippen molar-refractivity contribution in [3.05, 3.63) is 36.6 Å². The highest BCUT2D eigenvalue weighted by molar-refractivity contribution is 5.86. The van der Waals surface area contributed by atoms with Crippen molar-refractivity contribution in [2.75, 3.05) is 0 Å². The molecule has 1 heterocycles. The molecule has 1 N–H and O–H groups in total. The SMILES string of the molecule is C=CCCCCCCCCC(O)C=C1C=CC(=O)O1. The largest absolute Gasteiger partial charge is 0.424 e. The maximum absolute atomic E-state index is 10.8. The number of hydrogen-bond acceptors (Lipinski definition) is 3. The Morgan fingerprint density at radius 1 is 1.16 bits per heavy atom. The number of allylic oxidation sites excluding steroid dienone is 2. The standard InChI is InChI=1S/C16H24O3/c1-2-3-4-5-6-7-8-9-10-14(17)13-15-11-12-16(18)19-15/h2,11-14,17H,1,3-10H2. The Kier molecular flexibility index (Phi) is 7.91. The van der Waals surface area contributed by atoms with E-state index in [0.717, 1.165) is 25.7 Å². The van der Waals surface area contributed by atoms with E-state index in [2.05, 4.69) is 6.58 Å². The molecule has 0 fully saturated rings. The predicted octanol–water partition coefficient (Wildman–Crippen LogP) is 3.65. The molecule has 3 heteroatoms. The Morgan fingerprint density at radius 2 is 1.84 bits per heavy atom. The highest BCUT2D eigenvalue weighted by Crippen LogP contribution is 2.14. The summed E-state index contributed by atoms with van der Waals surface area (Å²) in [6.45, 7) is 3.70. The Bertz CT molecular complexity index is 342. The van der Waals surface area contributed by atoms with E-state index in [1.54, 1.807) is 12.2 Å². The third-order valence-electron chi connectivity index (χ3n) is 3.12. The summed E-state index contributed by atoms with van der Waals surface area (Å²) in [7, 11) is 0. The van der Waals surface area contributed by atoms with Crippen molar-refractivity contribution in [2.24, 2.45) is 0 Å².